The second-order valence-electron chi connectivity index (χ2n) is 8.72. The Hall–Kier alpha value is -3.61. The minimum absolute atomic E-state index is 0.112. The molecule has 0 spiro atoms. The predicted molar refractivity (Wildman–Crippen MR) is 120 cm³/mol. The predicted octanol–water partition coefficient (Wildman–Crippen LogP) is 5.34. The van der Waals surface area contributed by atoms with E-state index >= 15 is 0 Å². The van der Waals surface area contributed by atoms with Crippen LogP contribution in [0.25, 0.3) is 21.8 Å². The Morgan fingerprint density at radius 1 is 1.13 bits per heavy atom. The summed E-state index contributed by atoms with van der Waals surface area (Å²) in [4.78, 5) is 27.8. The van der Waals surface area contributed by atoms with E-state index < -0.39 is 17.7 Å². The summed E-state index contributed by atoms with van der Waals surface area (Å²) in [6, 6.07) is 16.1. The second kappa shape index (κ2) is 7.91. The fraction of sp³-hybridized carbons (Fsp3) is 0.292. The lowest BCUT2D eigenvalue weighted by atomic mass is 10.0. The van der Waals surface area contributed by atoms with Crippen LogP contribution >= 0.6 is 0 Å². The number of rotatable bonds is 5. The lowest BCUT2D eigenvalue weighted by Gasteiger charge is -2.21. The van der Waals surface area contributed by atoms with Gasteiger partial charge in [0.1, 0.15) is 5.60 Å². The molecular formula is C24H25N3O4. The molecule has 2 aromatic heterocycles. The van der Waals surface area contributed by atoms with E-state index in [2.05, 4.69) is 4.98 Å². The van der Waals surface area contributed by atoms with Crippen molar-refractivity contribution in [2.24, 2.45) is 0 Å². The molecule has 2 aromatic carbocycles. The van der Waals surface area contributed by atoms with Crippen molar-refractivity contribution >= 4 is 27.9 Å². The summed E-state index contributed by atoms with van der Waals surface area (Å²) >= 11 is 0. The maximum Gasteiger partial charge on any atom is 0.419 e. The summed E-state index contributed by atoms with van der Waals surface area (Å²) in [6.45, 7) is 5.40. The van der Waals surface area contributed by atoms with E-state index in [1.807, 2.05) is 60.8 Å². The van der Waals surface area contributed by atoms with Gasteiger partial charge >= 0.3 is 6.09 Å². The molecule has 1 unspecified atom stereocenters. The number of fused-ring (bicyclic) bond motifs is 2. The van der Waals surface area contributed by atoms with Gasteiger partial charge in [0.2, 0.25) is 6.04 Å². The number of benzene rings is 2. The summed E-state index contributed by atoms with van der Waals surface area (Å²) in [6.07, 6.45) is 1.66. The van der Waals surface area contributed by atoms with Gasteiger partial charge in [0.25, 0.3) is 0 Å². The van der Waals surface area contributed by atoms with E-state index in [1.165, 1.54) is 4.57 Å². The number of carbonyl (C=O) groups is 1. The van der Waals surface area contributed by atoms with Crippen molar-refractivity contribution in [3.63, 3.8) is 0 Å². The van der Waals surface area contributed by atoms with E-state index in [4.69, 9.17) is 4.74 Å². The summed E-state index contributed by atoms with van der Waals surface area (Å²) in [5.41, 5.74) is 2.41. The number of ether oxygens (including phenoxy) is 1. The van der Waals surface area contributed by atoms with Crippen LogP contribution in [0.4, 0.5) is 4.79 Å². The second-order valence-corrected chi connectivity index (χ2v) is 8.72. The number of carbonyl (C=O) groups excluding carboxylic acids is 1. The molecule has 0 radical (unpaired) electrons. The first-order valence-electron chi connectivity index (χ1n) is 10.2. The van der Waals surface area contributed by atoms with Crippen LogP contribution in [0, 0.1) is 10.1 Å². The Balaban J connectivity index is 1.70. The molecule has 0 saturated carbocycles. The summed E-state index contributed by atoms with van der Waals surface area (Å²) < 4.78 is 7.05. The quantitative estimate of drug-likeness (QED) is 0.349. The van der Waals surface area contributed by atoms with Crippen LogP contribution in [0.5, 0.6) is 0 Å². The van der Waals surface area contributed by atoms with Crippen molar-refractivity contribution in [1.29, 1.82) is 0 Å². The third-order valence-electron chi connectivity index (χ3n) is 5.24. The number of H-pyrrole nitrogens is 1. The van der Waals surface area contributed by atoms with Crippen LogP contribution in [0.3, 0.4) is 0 Å². The zero-order valence-electron chi connectivity index (χ0n) is 17.8. The highest BCUT2D eigenvalue weighted by atomic mass is 16.6. The van der Waals surface area contributed by atoms with Gasteiger partial charge in [0.15, 0.2) is 0 Å². The molecular weight excluding hydrogens is 394 g/mol. The molecule has 4 aromatic rings. The van der Waals surface area contributed by atoms with Crippen LogP contribution in [-0.4, -0.2) is 32.2 Å². The van der Waals surface area contributed by atoms with Crippen molar-refractivity contribution in [3.05, 3.63) is 82.2 Å². The highest BCUT2D eigenvalue weighted by Crippen LogP contribution is 2.25. The standard InChI is InChI=1S/C24H25N3O4/c1-24(2,3)31-23(28)26-18(12-16-8-4-7-11-22(16)26)14-19(27(29)30)13-17-15-25-21-10-6-5-9-20(17)21/h4-12,15,19,25H,13-14H2,1-3H3. The van der Waals surface area contributed by atoms with Crippen molar-refractivity contribution in [2.75, 3.05) is 0 Å². The Kier molecular flexibility index (Phi) is 5.27. The SMILES string of the molecule is CC(C)(C)OC(=O)n1c(CC(Cc2c[nH]c3ccccc23)[N+](=O)[O-])cc2ccccc21. The fourth-order valence-electron chi connectivity index (χ4n) is 3.90. The number of hydrogen-bond acceptors (Lipinski definition) is 4. The Morgan fingerprint density at radius 2 is 1.84 bits per heavy atom. The molecule has 31 heavy (non-hydrogen) atoms. The van der Waals surface area contributed by atoms with E-state index in [0.29, 0.717) is 11.2 Å². The summed E-state index contributed by atoms with van der Waals surface area (Å²) in [5, 5.41) is 13.8. The zero-order chi connectivity index (χ0) is 22.2. The minimum atomic E-state index is -0.885. The maximum atomic E-state index is 13.0. The van der Waals surface area contributed by atoms with Crippen molar-refractivity contribution in [1.82, 2.24) is 9.55 Å². The van der Waals surface area contributed by atoms with E-state index in [1.54, 1.807) is 20.8 Å². The maximum absolute atomic E-state index is 13.0. The highest BCUT2D eigenvalue weighted by Gasteiger charge is 2.28. The smallest absolute Gasteiger partial charge is 0.419 e. The molecule has 1 atom stereocenters. The number of nitrogens with zero attached hydrogens (tertiary/aromatic N) is 2. The largest absolute Gasteiger partial charge is 0.443 e. The minimum Gasteiger partial charge on any atom is -0.443 e. The van der Waals surface area contributed by atoms with Crippen LogP contribution in [0.1, 0.15) is 32.0 Å². The molecule has 160 valence electrons. The van der Waals surface area contributed by atoms with Gasteiger partial charge in [-0.25, -0.2) is 9.36 Å². The molecule has 7 nitrogen and oxygen atoms in total. The Labute approximate surface area is 179 Å². The van der Waals surface area contributed by atoms with Gasteiger partial charge in [-0.3, -0.25) is 10.1 Å². The number of hydrogen-bond donors (Lipinski definition) is 1. The lowest BCUT2D eigenvalue weighted by molar-refractivity contribution is -0.521. The molecule has 0 aliphatic rings. The molecule has 7 heteroatoms. The lowest BCUT2D eigenvalue weighted by Crippen LogP contribution is -2.30. The third-order valence-corrected chi connectivity index (χ3v) is 5.24. The number of aromatic amines is 1. The van der Waals surface area contributed by atoms with Gasteiger partial charge in [-0.1, -0.05) is 36.4 Å². The number of aromatic nitrogens is 2. The molecule has 0 aliphatic heterocycles. The average Bonchev–Trinajstić information content (AvgIpc) is 3.27. The first kappa shape index (κ1) is 20.7. The molecule has 0 fully saturated rings. The molecule has 4 rings (SSSR count). The van der Waals surface area contributed by atoms with Gasteiger partial charge in [-0.15, -0.1) is 0 Å². The summed E-state index contributed by atoms with van der Waals surface area (Å²) in [7, 11) is 0. The topological polar surface area (TPSA) is 90.2 Å². The van der Waals surface area contributed by atoms with Gasteiger partial charge in [-0.2, -0.15) is 0 Å². The first-order chi connectivity index (χ1) is 14.7. The Morgan fingerprint density at radius 3 is 2.58 bits per heavy atom. The van der Waals surface area contributed by atoms with Crippen LogP contribution in [0.2, 0.25) is 0 Å². The van der Waals surface area contributed by atoms with Crippen LogP contribution in [0.15, 0.2) is 60.8 Å². The molecule has 0 amide bonds. The van der Waals surface area contributed by atoms with Crippen molar-refractivity contribution in [3.8, 4) is 0 Å². The number of nitrogens with one attached hydrogen (secondary N) is 1. The number of nitro groups is 1. The van der Waals surface area contributed by atoms with Crippen LogP contribution < -0.4 is 0 Å². The van der Waals surface area contributed by atoms with Gasteiger partial charge in [-0.05, 0) is 44.5 Å². The molecule has 0 aliphatic carbocycles. The first-order valence-corrected chi connectivity index (χ1v) is 10.2. The van der Waals surface area contributed by atoms with Gasteiger partial charge < -0.3 is 9.72 Å². The van der Waals surface area contributed by atoms with Crippen molar-refractivity contribution < 1.29 is 14.5 Å². The highest BCUT2D eigenvalue weighted by molar-refractivity contribution is 5.91. The molecule has 0 saturated heterocycles. The molecule has 1 N–H and O–H groups in total. The average molecular weight is 419 g/mol. The van der Waals surface area contributed by atoms with E-state index in [0.717, 1.165) is 21.9 Å². The Bertz CT molecular complexity index is 1260. The number of para-hydroxylation sites is 2. The molecule has 0 bridgehead atoms. The fourth-order valence-corrected chi connectivity index (χ4v) is 3.90. The third kappa shape index (κ3) is 4.30. The van der Waals surface area contributed by atoms with Gasteiger partial charge in [0, 0.05) is 39.5 Å². The summed E-state index contributed by atoms with van der Waals surface area (Å²) in [5.74, 6) is 0. The van der Waals surface area contributed by atoms with Crippen LogP contribution in [-0.2, 0) is 17.6 Å². The normalized spacial score (nSPS) is 12.9. The molecule has 2 heterocycles. The van der Waals surface area contributed by atoms with Crippen molar-refractivity contribution in [2.45, 2.75) is 45.3 Å². The van der Waals surface area contributed by atoms with Gasteiger partial charge in [0.05, 0.1) is 11.9 Å². The zero-order valence-corrected chi connectivity index (χ0v) is 17.8. The van der Waals surface area contributed by atoms with E-state index in [9.17, 15) is 14.9 Å². The monoisotopic (exact) mass is 419 g/mol. The van der Waals surface area contributed by atoms with E-state index in [-0.39, 0.29) is 17.8 Å².